The van der Waals surface area contributed by atoms with Crippen LogP contribution in [0.3, 0.4) is 0 Å². The van der Waals surface area contributed by atoms with Crippen molar-refractivity contribution in [2.75, 3.05) is 0 Å². The fraction of sp³-hybridized carbons (Fsp3) is 0.636. The summed E-state index contributed by atoms with van der Waals surface area (Å²) in [6.07, 6.45) is 10.7. The highest BCUT2D eigenvalue weighted by Crippen LogP contribution is 2.44. The van der Waals surface area contributed by atoms with Crippen LogP contribution in [0.5, 0.6) is 0 Å². The van der Waals surface area contributed by atoms with Gasteiger partial charge < -0.3 is 4.43 Å². The summed E-state index contributed by atoms with van der Waals surface area (Å²) in [5.41, 5.74) is 0.182. The van der Waals surface area contributed by atoms with Crippen molar-refractivity contribution in [2.24, 2.45) is 5.92 Å². The molecule has 0 heterocycles. The van der Waals surface area contributed by atoms with E-state index >= 15 is 0 Å². The van der Waals surface area contributed by atoms with Gasteiger partial charge in [-0.1, -0.05) is 23.4 Å². The molecule has 0 aromatic heterocycles. The summed E-state index contributed by atoms with van der Waals surface area (Å²) < 4.78 is 6.12. The molecule has 0 aromatic carbocycles. The van der Waals surface area contributed by atoms with Gasteiger partial charge in [0, 0.05) is 0 Å². The van der Waals surface area contributed by atoms with Crippen LogP contribution in [0, 0.1) is 5.92 Å². The Morgan fingerprint density at radius 1 is 1.69 bits per heavy atom. The molecular weight excluding hydrogens is 176 g/mol. The molecular formula is C11H18OSi. The average Bonchev–Trinajstić information content (AvgIpc) is 2.74. The van der Waals surface area contributed by atoms with Crippen molar-refractivity contribution >= 4 is 9.76 Å². The Hall–Kier alpha value is -0.343. The summed E-state index contributed by atoms with van der Waals surface area (Å²) >= 11 is 0. The van der Waals surface area contributed by atoms with Gasteiger partial charge in [-0.15, -0.1) is 0 Å². The molecule has 2 unspecified atom stereocenters. The standard InChI is InChI=1S/C11H18OSi/c1-3-9(2)13-12-11-6-4-10(8-11)5-7-11/h3-4,6,10H,5,7-8,13H2,1-2H3. The molecule has 2 aliphatic rings. The highest BCUT2D eigenvalue weighted by molar-refractivity contribution is 6.37. The van der Waals surface area contributed by atoms with Crippen LogP contribution in [-0.4, -0.2) is 15.4 Å². The van der Waals surface area contributed by atoms with Gasteiger partial charge in [0.25, 0.3) is 0 Å². The zero-order valence-corrected chi connectivity index (χ0v) is 9.96. The molecule has 0 radical (unpaired) electrons. The van der Waals surface area contributed by atoms with E-state index in [0.717, 1.165) is 5.92 Å². The molecule has 72 valence electrons. The molecule has 2 atom stereocenters. The zero-order valence-electron chi connectivity index (χ0n) is 8.55. The first-order chi connectivity index (χ1) is 6.24. The van der Waals surface area contributed by atoms with Crippen molar-refractivity contribution in [1.29, 1.82) is 0 Å². The molecule has 13 heavy (non-hydrogen) atoms. The van der Waals surface area contributed by atoms with Gasteiger partial charge in [0.1, 0.15) is 0 Å². The normalized spacial score (nSPS) is 38.3. The molecule has 0 aliphatic heterocycles. The maximum atomic E-state index is 6.12. The summed E-state index contributed by atoms with van der Waals surface area (Å²) in [6, 6.07) is 0. The largest absolute Gasteiger partial charge is 0.410 e. The maximum Gasteiger partial charge on any atom is 0.188 e. The second-order valence-electron chi connectivity index (χ2n) is 4.35. The summed E-state index contributed by atoms with van der Waals surface area (Å²) in [4.78, 5) is 0. The first-order valence-electron chi connectivity index (χ1n) is 5.19. The highest BCUT2D eigenvalue weighted by atomic mass is 28.2. The highest BCUT2D eigenvalue weighted by Gasteiger charge is 2.40. The van der Waals surface area contributed by atoms with Crippen molar-refractivity contribution in [2.45, 2.75) is 38.7 Å². The van der Waals surface area contributed by atoms with Crippen LogP contribution < -0.4 is 0 Å². The minimum absolute atomic E-state index is 0.182. The minimum atomic E-state index is -0.425. The zero-order chi connectivity index (χ0) is 9.31. The van der Waals surface area contributed by atoms with Crippen LogP contribution in [0.15, 0.2) is 23.4 Å². The number of rotatable bonds is 3. The Kier molecular flexibility index (Phi) is 2.43. The van der Waals surface area contributed by atoms with Crippen LogP contribution in [-0.2, 0) is 4.43 Å². The Morgan fingerprint density at radius 3 is 3.00 bits per heavy atom. The van der Waals surface area contributed by atoms with E-state index in [1.54, 1.807) is 0 Å². The van der Waals surface area contributed by atoms with Crippen LogP contribution in [0.2, 0.25) is 0 Å². The average molecular weight is 194 g/mol. The monoisotopic (exact) mass is 194 g/mol. The summed E-state index contributed by atoms with van der Waals surface area (Å²) in [5.74, 6) is 0.833. The lowest BCUT2D eigenvalue weighted by atomic mass is 10.0. The molecule has 2 heteroatoms. The Balaban J connectivity index is 1.91. The predicted octanol–water partition coefficient (Wildman–Crippen LogP) is 2.12. The molecule has 2 rings (SSSR count). The van der Waals surface area contributed by atoms with E-state index in [2.05, 4.69) is 32.1 Å². The van der Waals surface area contributed by atoms with E-state index in [9.17, 15) is 0 Å². The third kappa shape index (κ3) is 1.79. The van der Waals surface area contributed by atoms with E-state index < -0.39 is 9.76 Å². The molecule has 1 fully saturated rings. The topological polar surface area (TPSA) is 9.23 Å². The van der Waals surface area contributed by atoms with E-state index in [0.29, 0.717) is 0 Å². The fourth-order valence-corrected chi connectivity index (χ4v) is 3.27. The van der Waals surface area contributed by atoms with Gasteiger partial charge in [0.2, 0.25) is 0 Å². The molecule has 1 saturated carbocycles. The Labute approximate surface area is 82.8 Å². The SMILES string of the molecule is CC=C(C)[SiH2]OC12C=CC(CC1)C2. The second kappa shape index (κ2) is 3.43. The van der Waals surface area contributed by atoms with Gasteiger partial charge in [0.15, 0.2) is 9.76 Å². The van der Waals surface area contributed by atoms with Crippen LogP contribution in [0.25, 0.3) is 0 Å². The van der Waals surface area contributed by atoms with E-state index in [-0.39, 0.29) is 5.60 Å². The lowest BCUT2D eigenvalue weighted by Gasteiger charge is -2.24. The molecule has 0 N–H and O–H groups in total. The summed E-state index contributed by atoms with van der Waals surface area (Å²) in [6.45, 7) is 4.29. The Bertz CT molecular complexity index is 257. The van der Waals surface area contributed by atoms with Crippen molar-refractivity contribution in [3.63, 3.8) is 0 Å². The van der Waals surface area contributed by atoms with Crippen LogP contribution in [0.1, 0.15) is 33.1 Å². The van der Waals surface area contributed by atoms with Crippen molar-refractivity contribution in [1.82, 2.24) is 0 Å². The van der Waals surface area contributed by atoms with Gasteiger partial charge in [-0.3, -0.25) is 0 Å². The smallest absolute Gasteiger partial charge is 0.188 e. The van der Waals surface area contributed by atoms with Crippen molar-refractivity contribution in [3.8, 4) is 0 Å². The van der Waals surface area contributed by atoms with Gasteiger partial charge in [-0.2, -0.15) is 0 Å². The van der Waals surface area contributed by atoms with E-state index in [1.165, 1.54) is 24.5 Å². The molecule has 2 aliphatic carbocycles. The van der Waals surface area contributed by atoms with Crippen molar-refractivity contribution < 1.29 is 4.43 Å². The minimum Gasteiger partial charge on any atom is -0.410 e. The molecule has 2 bridgehead atoms. The van der Waals surface area contributed by atoms with Crippen LogP contribution >= 0.6 is 0 Å². The third-order valence-corrected chi connectivity index (χ3v) is 4.88. The number of hydrogen-bond donors (Lipinski definition) is 0. The Morgan fingerprint density at radius 2 is 2.54 bits per heavy atom. The summed E-state index contributed by atoms with van der Waals surface area (Å²) in [7, 11) is -0.425. The number of hydrogen-bond acceptors (Lipinski definition) is 1. The van der Waals surface area contributed by atoms with E-state index in [1.807, 2.05) is 0 Å². The van der Waals surface area contributed by atoms with Crippen LogP contribution in [0.4, 0.5) is 0 Å². The quantitative estimate of drug-likeness (QED) is 0.494. The number of fused-ring (bicyclic) bond motifs is 2. The van der Waals surface area contributed by atoms with Gasteiger partial charge in [-0.05, 0) is 39.0 Å². The molecule has 0 aromatic rings. The van der Waals surface area contributed by atoms with E-state index in [4.69, 9.17) is 4.43 Å². The molecule has 1 nitrogen and oxygen atoms in total. The predicted molar refractivity (Wildman–Crippen MR) is 58.3 cm³/mol. The molecule has 0 spiro atoms. The maximum absolute atomic E-state index is 6.12. The van der Waals surface area contributed by atoms with Gasteiger partial charge >= 0.3 is 0 Å². The second-order valence-corrected chi connectivity index (χ2v) is 6.04. The molecule has 0 amide bonds. The van der Waals surface area contributed by atoms with Gasteiger partial charge in [0.05, 0.1) is 5.60 Å². The fourth-order valence-electron chi connectivity index (χ4n) is 2.22. The first kappa shape index (κ1) is 9.22. The summed E-state index contributed by atoms with van der Waals surface area (Å²) in [5, 5.41) is 1.47. The third-order valence-electron chi connectivity index (χ3n) is 3.30. The number of allylic oxidation sites excluding steroid dienone is 3. The van der Waals surface area contributed by atoms with Crippen molar-refractivity contribution in [3.05, 3.63) is 23.4 Å². The lowest BCUT2D eigenvalue weighted by molar-refractivity contribution is 0.141. The molecule has 0 saturated heterocycles. The van der Waals surface area contributed by atoms with Gasteiger partial charge in [-0.25, -0.2) is 0 Å². The lowest BCUT2D eigenvalue weighted by Crippen LogP contribution is -2.27. The first-order valence-corrected chi connectivity index (χ1v) is 6.48.